The van der Waals surface area contributed by atoms with Crippen molar-refractivity contribution >= 4 is 26.0 Å². The second kappa shape index (κ2) is 14.9. The van der Waals surface area contributed by atoms with Gasteiger partial charge in [0.25, 0.3) is 0 Å². The Bertz CT molecular complexity index is 1060. The molecule has 2 aliphatic heterocycles. The van der Waals surface area contributed by atoms with Crippen molar-refractivity contribution < 1.29 is 28.2 Å². The number of allylic oxidation sites excluding steroid dienone is 3. The molecule has 3 aliphatic carbocycles. The predicted octanol–water partition coefficient (Wildman–Crippen LogP) is 9.20. The van der Waals surface area contributed by atoms with Gasteiger partial charge in [-0.05, 0) is 106 Å². The number of hydrogen-bond acceptors (Lipinski definition) is 7. The van der Waals surface area contributed by atoms with Crippen molar-refractivity contribution in [3.8, 4) is 0 Å². The third kappa shape index (κ3) is 8.51. The van der Waals surface area contributed by atoms with Crippen LogP contribution >= 0.6 is 11.8 Å². The summed E-state index contributed by atoms with van der Waals surface area (Å²) in [4.78, 5) is 13.7. The van der Waals surface area contributed by atoms with E-state index in [4.69, 9.17) is 23.4 Å². The van der Waals surface area contributed by atoms with Crippen LogP contribution in [0.5, 0.6) is 0 Å². The summed E-state index contributed by atoms with van der Waals surface area (Å²) in [6, 6.07) is 0. The van der Waals surface area contributed by atoms with Crippen molar-refractivity contribution in [2.75, 3.05) is 12.9 Å². The maximum absolute atomic E-state index is 13.7. The van der Waals surface area contributed by atoms with E-state index < -0.39 is 8.32 Å². The van der Waals surface area contributed by atoms with Gasteiger partial charge in [0, 0.05) is 18.9 Å². The quantitative estimate of drug-likeness (QED) is 0.171. The lowest BCUT2D eigenvalue weighted by atomic mass is 9.65. The van der Waals surface area contributed by atoms with Gasteiger partial charge in [0.15, 0.2) is 20.9 Å². The highest BCUT2D eigenvalue weighted by Crippen LogP contribution is 2.48. The number of hydrogen-bond donors (Lipinski definition) is 0. The highest BCUT2D eigenvalue weighted by molar-refractivity contribution is 8.00. The molecule has 0 aromatic carbocycles. The average Bonchev–Trinajstić information content (AvgIpc) is 3.47. The Kier molecular flexibility index (Phi) is 11.8. The maximum Gasteiger partial charge on any atom is 0.322 e. The summed E-state index contributed by atoms with van der Waals surface area (Å²) >= 11 is 1.71. The number of esters is 1. The summed E-state index contributed by atoms with van der Waals surface area (Å²) in [5, 5.41) is 0.147. The average molecular weight is 663 g/mol. The van der Waals surface area contributed by atoms with Gasteiger partial charge < -0.3 is 23.4 Å². The molecule has 256 valence electrons. The molecule has 5 rings (SSSR count). The first-order chi connectivity index (χ1) is 21.3. The summed E-state index contributed by atoms with van der Waals surface area (Å²) in [5.74, 6) is 1.46. The molecule has 0 spiro atoms. The summed E-state index contributed by atoms with van der Waals surface area (Å²) in [6.45, 7) is 17.0. The van der Waals surface area contributed by atoms with Crippen LogP contribution in [-0.2, 0) is 28.2 Å². The van der Waals surface area contributed by atoms with Crippen LogP contribution in [0.4, 0.5) is 0 Å². The van der Waals surface area contributed by atoms with Gasteiger partial charge >= 0.3 is 5.97 Å². The first kappa shape index (κ1) is 35.7. The topological polar surface area (TPSA) is 63.2 Å². The number of ether oxygens (including phenoxy) is 4. The molecule has 0 radical (unpaired) electrons. The molecule has 3 fully saturated rings. The van der Waals surface area contributed by atoms with Gasteiger partial charge in [-0.2, -0.15) is 0 Å². The third-order valence-corrected chi connectivity index (χ3v) is 17.8. The molecule has 0 N–H and O–H groups in total. The Hall–Kier alpha value is -0.643. The maximum atomic E-state index is 13.7. The Morgan fingerprint density at radius 2 is 1.80 bits per heavy atom. The van der Waals surface area contributed by atoms with E-state index >= 15 is 0 Å². The molecule has 0 aromatic heterocycles. The van der Waals surface area contributed by atoms with Crippen LogP contribution in [-0.4, -0.2) is 62.8 Å². The molecule has 2 saturated heterocycles. The van der Waals surface area contributed by atoms with Crippen molar-refractivity contribution in [1.82, 2.24) is 0 Å². The lowest BCUT2D eigenvalue weighted by Crippen LogP contribution is -2.49. The predicted molar refractivity (Wildman–Crippen MR) is 186 cm³/mol. The number of carbonyl (C=O) groups is 1. The minimum Gasteiger partial charge on any atom is -0.461 e. The molecule has 45 heavy (non-hydrogen) atoms. The van der Waals surface area contributed by atoms with E-state index in [1.54, 1.807) is 11.8 Å². The van der Waals surface area contributed by atoms with Crippen molar-refractivity contribution in [3.05, 3.63) is 23.8 Å². The molecule has 0 bridgehead atoms. The lowest BCUT2D eigenvalue weighted by Gasteiger charge is -2.45. The number of carbonyl (C=O) groups excluding carboxylic acids is 1. The smallest absolute Gasteiger partial charge is 0.322 e. The first-order valence-electron chi connectivity index (χ1n) is 18.1. The van der Waals surface area contributed by atoms with E-state index in [0.29, 0.717) is 17.8 Å². The molecule has 0 aromatic rings. The van der Waals surface area contributed by atoms with Gasteiger partial charge in [-0.25, -0.2) is 0 Å². The number of thioether (sulfide) groups is 1. The van der Waals surface area contributed by atoms with Crippen LogP contribution in [0, 0.1) is 23.7 Å². The number of fused-ring (bicyclic) bond motifs is 1. The summed E-state index contributed by atoms with van der Waals surface area (Å²) in [6.07, 6.45) is 20.6. The van der Waals surface area contributed by atoms with Crippen LogP contribution in [0.15, 0.2) is 23.8 Å². The van der Waals surface area contributed by atoms with Crippen LogP contribution in [0.3, 0.4) is 0 Å². The molecule has 2 heterocycles. The summed E-state index contributed by atoms with van der Waals surface area (Å²) < 4.78 is 32.3. The van der Waals surface area contributed by atoms with Crippen molar-refractivity contribution in [2.45, 2.75) is 165 Å². The molecule has 9 atom stereocenters. The van der Waals surface area contributed by atoms with Crippen LogP contribution in [0.1, 0.15) is 112 Å². The lowest BCUT2D eigenvalue weighted by molar-refractivity contribution is -0.288. The van der Waals surface area contributed by atoms with Crippen LogP contribution < -0.4 is 0 Å². The fourth-order valence-electron chi connectivity index (χ4n) is 8.16. The minimum absolute atomic E-state index is 0.0260. The molecular weight excluding hydrogens is 601 g/mol. The van der Waals surface area contributed by atoms with E-state index in [-0.39, 0.29) is 52.6 Å². The molecule has 0 amide bonds. The Morgan fingerprint density at radius 1 is 1.04 bits per heavy atom. The minimum atomic E-state index is -1.95. The van der Waals surface area contributed by atoms with Crippen LogP contribution in [0.2, 0.25) is 18.1 Å². The Morgan fingerprint density at radius 3 is 2.47 bits per heavy atom. The van der Waals surface area contributed by atoms with Crippen molar-refractivity contribution in [1.29, 1.82) is 0 Å². The number of rotatable bonds is 10. The first-order valence-corrected chi connectivity index (χ1v) is 22.2. The van der Waals surface area contributed by atoms with Gasteiger partial charge in [0.05, 0.1) is 12.2 Å². The fraction of sp³-hybridized carbons (Fsp3) is 0.865. The molecule has 5 aliphatic rings. The molecular formula is C37H62O6SSi. The highest BCUT2D eigenvalue weighted by atomic mass is 32.2. The van der Waals surface area contributed by atoms with Crippen molar-refractivity contribution in [3.63, 3.8) is 0 Å². The standard InChI is InChI=1S/C37H62O6SSi/c1-25-21-27-15-14-26(2)30(34(27)31(22-25)41-35(38)37(44-6)18-10-11-19-37)17-16-28-23-29(43-45(7,8)36(3,4)5)24-33(40-28)42-32-13-9-12-20-39-32/h14-15,21,25-26,28-34H,9-13,16-20,22-24H2,1-8H3/t25-,26-,28+,29+,30-,31-,32?,33?,34-/m0/s1. The Balaban J connectivity index is 1.30. The van der Waals surface area contributed by atoms with Gasteiger partial charge in [-0.1, -0.05) is 65.7 Å². The molecule has 8 heteroatoms. The van der Waals surface area contributed by atoms with Crippen LogP contribution in [0.25, 0.3) is 0 Å². The fourth-order valence-corrected chi connectivity index (χ4v) is 10.5. The van der Waals surface area contributed by atoms with Crippen molar-refractivity contribution in [2.24, 2.45) is 23.7 Å². The normalized spacial score (nSPS) is 37.2. The molecule has 2 unspecified atom stereocenters. The zero-order valence-electron chi connectivity index (χ0n) is 29.5. The molecule has 6 nitrogen and oxygen atoms in total. The highest BCUT2D eigenvalue weighted by Gasteiger charge is 2.47. The molecule has 1 saturated carbocycles. The largest absolute Gasteiger partial charge is 0.461 e. The summed E-state index contributed by atoms with van der Waals surface area (Å²) in [7, 11) is -1.95. The van der Waals surface area contributed by atoms with Gasteiger partial charge in [-0.3, -0.25) is 4.79 Å². The van der Waals surface area contributed by atoms with Gasteiger partial charge in [0.2, 0.25) is 0 Å². The zero-order valence-corrected chi connectivity index (χ0v) is 31.3. The Labute approximate surface area is 279 Å². The summed E-state index contributed by atoms with van der Waals surface area (Å²) in [5.41, 5.74) is 1.36. The van der Waals surface area contributed by atoms with E-state index in [9.17, 15) is 4.79 Å². The third-order valence-electron chi connectivity index (χ3n) is 11.9. The second-order valence-corrected chi connectivity index (χ2v) is 22.3. The second-order valence-electron chi connectivity index (χ2n) is 16.3. The van der Waals surface area contributed by atoms with Gasteiger partial charge in [-0.15, -0.1) is 11.8 Å². The monoisotopic (exact) mass is 662 g/mol. The zero-order chi connectivity index (χ0) is 32.4. The van der Waals surface area contributed by atoms with E-state index in [1.807, 2.05) is 0 Å². The van der Waals surface area contributed by atoms with Gasteiger partial charge in [0.1, 0.15) is 10.9 Å². The van der Waals surface area contributed by atoms with E-state index in [0.717, 1.165) is 83.7 Å². The van der Waals surface area contributed by atoms with E-state index in [2.05, 4.69) is 72.2 Å². The van der Waals surface area contributed by atoms with E-state index in [1.165, 1.54) is 5.57 Å². The SMILES string of the molecule is CSC1(C(=O)O[C@H]2C[C@@H](C)C=C3C=C[C@H](C)[C@H](CC[C@@H]4C[C@@H](O[Si](C)(C)C(C)(C)C)CC(OC5CCCCO5)O4)[C@H]32)CCCC1.